The van der Waals surface area contributed by atoms with E-state index in [1.807, 2.05) is 0 Å². The fourth-order valence-electron chi connectivity index (χ4n) is 2.53. The van der Waals surface area contributed by atoms with Crippen LogP contribution in [0.5, 0.6) is 0 Å². The molecule has 1 aliphatic carbocycles. The van der Waals surface area contributed by atoms with Gasteiger partial charge in [-0.2, -0.15) is 0 Å². The topological polar surface area (TPSA) is 75.8 Å². The summed E-state index contributed by atoms with van der Waals surface area (Å²) in [6.07, 6.45) is 4.28. The normalized spacial score (nSPS) is 25.8. The first kappa shape index (κ1) is 15.4. The van der Waals surface area contributed by atoms with Gasteiger partial charge >= 0.3 is 0 Å². The van der Waals surface area contributed by atoms with Gasteiger partial charge in [-0.15, -0.1) is 0 Å². The fraction of sp³-hybridized carbons (Fsp3) is 0.923. The minimum absolute atomic E-state index is 0.0625. The fourth-order valence-corrected chi connectivity index (χ4v) is 2.53. The Bertz CT molecular complexity index is 261. The van der Waals surface area contributed by atoms with E-state index in [9.17, 15) is 9.90 Å². The van der Waals surface area contributed by atoms with E-state index in [1.165, 1.54) is 20.0 Å². The third-order valence-corrected chi connectivity index (χ3v) is 3.67. The van der Waals surface area contributed by atoms with Gasteiger partial charge in [-0.25, -0.2) is 0 Å². The summed E-state index contributed by atoms with van der Waals surface area (Å²) in [7, 11) is 3.25. The molecule has 3 unspecified atom stereocenters. The predicted molar refractivity (Wildman–Crippen MR) is 70.1 cm³/mol. The maximum atomic E-state index is 12.0. The van der Waals surface area contributed by atoms with Gasteiger partial charge in [0.05, 0.1) is 12.7 Å². The largest absolute Gasteiger partial charge is 0.389 e. The maximum absolute atomic E-state index is 12.0. The molecule has 18 heavy (non-hydrogen) atoms. The van der Waals surface area contributed by atoms with Crippen molar-refractivity contribution >= 4 is 5.91 Å². The van der Waals surface area contributed by atoms with Gasteiger partial charge in [-0.05, 0) is 18.8 Å². The average molecular weight is 258 g/mol. The molecule has 0 aromatic carbocycles. The van der Waals surface area contributed by atoms with Crippen molar-refractivity contribution in [2.75, 3.05) is 27.3 Å². The van der Waals surface area contributed by atoms with E-state index in [0.29, 0.717) is 18.9 Å². The highest BCUT2D eigenvalue weighted by molar-refractivity contribution is 5.76. The van der Waals surface area contributed by atoms with Crippen LogP contribution >= 0.6 is 0 Å². The third-order valence-electron chi connectivity index (χ3n) is 3.67. The second-order valence-electron chi connectivity index (χ2n) is 5.30. The molecule has 1 fully saturated rings. The Hall–Kier alpha value is -0.650. The number of aliphatic hydroxyl groups is 1. The molecule has 0 radical (unpaired) electrons. The highest BCUT2D eigenvalue weighted by atomic mass is 16.5. The lowest BCUT2D eigenvalue weighted by Crippen LogP contribution is -2.40. The molecule has 0 saturated heterocycles. The number of hydrogen-bond donors (Lipinski definition) is 2. The van der Waals surface area contributed by atoms with Gasteiger partial charge in [0.1, 0.15) is 0 Å². The highest BCUT2D eigenvalue weighted by Gasteiger charge is 2.25. The lowest BCUT2D eigenvalue weighted by molar-refractivity contribution is -0.133. The van der Waals surface area contributed by atoms with Crippen molar-refractivity contribution < 1.29 is 14.6 Å². The van der Waals surface area contributed by atoms with Gasteiger partial charge in [-0.3, -0.25) is 4.79 Å². The summed E-state index contributed by atoms with van der Waals surface area (Å²) in [6, 6.07) is 0.153. The molecule has 0 aromatic rings. The molecule has 0 aliphatic heterocycles. The number of hydrogen-bond acceptors (Lipinski definition) is 4. The number of nitrogens with two attached hydrogens (primary N) is 1. The molecule has 106 valence electrons. The standard InChI is InChI=1S/C13H26N2O3/c1-15(8-11(16)9-18-2)13(17)7-10-5-3-4-6-12(10)14/h10-12,16H,3-9,14H2,1-2H3. The van der Waals surface area contributed by atoms with Crippen LogP contribution in [-0.2, 0) is 9.53 Å². The zero-order chi connectivity index (χ0) is 13.5. The van der Waals surface area contributed by atoms with Crippen molar-refractivity contribution in [2.45, 2.75) is 44.2 Å². The van der Waals surface area contributed by atoms with Crippen LogP contribution < -0.4 is 5.73 Å². The number of methoxy groups -OCH3 is 1. The number of amides is 1. The second-order valence-corrected chi connectivity index (χ2v) is 5.30. The molecule has 3 N–H and O–H groups in total. The highest BCUT2D eigenvalue weighted by Crippen LogP contribution is 2.26. The number of likely N-dealkylation sites (N-methyl/N-ethyl adjacent to an activating group) is 1. The van der Waals surface area contributed by atoms with Crippen molar-refractivity contribution in [3.8, 4) is 0 Å². The molecule has 1 rings (SSSR count). The van der Waals surface area contributed by atoms with Crippen molar-refractivity contribution in [1.29, 1.82) is 0 Å². The Balaban J connectivity index is 2.34. The van der Waals surface area contributed by atoms with Crippen LogP contribution in [0.2, 0.25) is 0 Å². The zero-order valence-corrected chi connectivity index (χ0v) is 11.5. The van der Waals surface area contributed by atoms with Crippen LogP contribution in [0.4, 0.5) is 0 Å². The number of carbonyl (C=O) groups is 1. The van der Waals surface area contributed by atoms with Crippen molar-refractivity contribution in [1.82, 2.24) is 4.90 Å². The second kappa shape index (κ2) is 7.71. The molecule has 5 nitrogen and oxygen atoms in total. The van der Waals surface area contributed by atoms with Gasteiger partial charge in [-0.1, -0.05) is 12.8 Å². The van der Waals surface area contributed by atoms with Crippen molar-refractivity contribution in [3.63, 3.8) is 0 Å². The first-order chi connectivity index (χ1) is 8.54. The Morgan fingerprint density at radius 3 is 2.78 bits per heavy atom. The summed E-state index contributed by atoms with van der Waals surface area (Å²) in [5.41, 5.74) is 6.04. The summed E-state index contributed by atoms with van der Waals surface area (Å²) in [4.78, 5) is 13.6. The van der Waals surface area contributed by atoms with Gasteiger partial charge in [0.15, 0.2) is 0 Å². The van der Waals surface area contributed by atoms with E-state index in [4.69, 9.17) is 10.5 Å². The Kier molecular flexibility index (Phi) is 6.60. The number of nitrogens with zero attached hydrogens (tertiary/aromatic N) is 1. The van der Waals surface area contributed by atoms with Crippen LogP contribution in [-0.4, -0.2) is 55.4 Å². The summed E-state index contributed by atoms with van der Waals surface area (Å²) in [5.74, 6) is 0.362. The monoisotopic (exact) mass is 258 g/mol. The summed E-state index contributed by atoms with van der Waals surface area (Å²) in [6.45, 7) is 0.565. The van der Waals surface area contributed by atoms with Crippen LogP contribution in [0.25, 0.3) is 0 Å². The van der Waals surface area contributed by atoms with E-state index >= 15 is 0 Å². The third kappa shape index (κ3) is 4.92. The minimum atomic E-state index is -0.621. The average Bonchev–Trinajstić information content (AvgIpc) is 2.32. The number of carbonyl (C=O) groups excluding carboxylic acids is 1. The molecule has 0 bridgehead atoms. The van der Waals surface area contributed by atoms with Crippen LogP contribution in [0.1, 0.15) is 32.1 Å². The van der Waals surface area contributed by atoms with Crippen LogP contribution in [0, 0.1) is 5.92 Å². The lowest BCUT2D eigenvalue weighted by Gasteiger charge is -2.30. The Morgan fingerprint density at radius 1 is 1.50 bits per heavy atom. The Labute approximate surface area is 109 Å². The van der Waals surface area contributed by atoms with Crippen LogP contribution in [0.15, 0.2) is 0 Å². The van der Waals surface area contributed by atoms with E-state index in [-0.39, 0.29) is 18.6 Å². The quantitative estimate of drug-likeness (QED) is 0.721. The maximum Gasteiger partial charge on any atom is 0.222 e. The molecular formula is C13H26N2O3. The van der Waals surface area contributed by atoms with E-state index < -0.39 is 6.10 Å². The summed E-state index contributed by atoms with van der Waals surface area (Å²) < 4.78 is 4.84. The predicted octanol–water partition coefficient (Wildman–Crippen LogP) is 0.360. The molecule has 0 spiro atoms. The van der Waals surface area contributed by atoms with Crippen molar-refractivity contribution in [3.05, 3.63) is 0 Å². The van der Waals surface area contributed by atoms with Gasteiger partial charge < -0.3 is 20.5 Å². The molecule has 0 heterocycles. The van der Waals surface area contributed by atoms with Crippen LogP contribution in [0.3, 0.4) is 0 Å². The smallest absolute Gasteiger partial charge is 0.222 e. The lowest BCUT2D eigenvalue weighted by atomic mass is 9.83. The van der Waals surface area contributed by atoms with E-state index in [1.54, 1.807) is 11.9 Å². The summed E-state index contributed by atoms with van der Waals surface area (Å²) >= 11 is 0. The molecule has 3 atom stereocenters. The van der Waals surface area contributed by atoms with E-state index in [2.05, 4.69) is 0 Å². The van der Waals surface area contributed by atoms with Crippen molar-refractivity contribution in [2.24, 2.45) is 11.7 Å². The number of ether oxygens (including phenoxy) is 1. The molecule has 1 saturated carbocycles. The Morgan fingerprint density at radius 2 is 2.17 bits per heavy atom. The molecule has 1 amide bonds. The molecule has 1 aliphatic rings. The number of rotatable bonds is 6. The molecule has 5 heteroatoms. The summed E-state index contributed by atoms with van der Waals surface area (Å²) in [5, 5.41) is 9.58. The van der Waals surface area contributed by atoms with Gasteiger partial charge in [0, 0.05) is 33.2 Å². The SMILES string of the molecule is COCC(O)CN(C)C(=O)CC1CCCCC1N. The molecular weight excluding hydrogens is 232 g/mol. The van der Waals surface area contributed by atoms with E-state index in [0.717, 1.165) is 12.8 Å². The minimum Gasteiger partial charge on any atom is -0.389 e. The van der Waals surface area contributed by atoms with Gasteiger partial charge in [0.25, 0.3) is 0 Å². The first-order valence-corrected chi connectivity index (χ1v) is 6.71. The molecule has 0 aromatic heterocycles. The zero-order valence-electron chi connectivity index (χ0n) is 11.5. The number of aliphatic hydroxyl groups excluding tert-OH is 1. The first-order valence-electron chi connectivity index (χ1n) is 6.71. The van der Waals surface area contributed by atoms with Gasteiger partial charge in [0.2, 0.25) is 5.91 Å².